The first-order chi connectivity index (χ1) is 8.70. The summed E-state index contributed by atoms with van der Waals surface area (Å²) in [4.78, 5) is 0. The van der Waals surface area contributed by atoms with Crippen molar-refractivity contribution in [3.63, 3.8) is 0 Å². The van der Waals surface area contributed by atoms with Crippen molar-refractivity contribution in [1.29, 1.82) is 0 Å². The normalized spacial score (nSPS) is 24.2. The highest BCUT2D eigenvalue weighted by molar-refractivity contribution is 6.31. The van der Waals surface area contributed by atoms with Crippen LogP contribution in [0.3, 0.4) is 0 Å². The van der Waals surface area contributed by atoms with Gasteiger partial charge in [0.1, 0.15) is 5.82 Å². The van der Waals surface area contributed by atoms with Crippen LogP contribution in [0.25, 0.3) is 0 Å². The van der Waals surface area contributed by atoms with Crippen LogP contribution in [-0.4, -0.2) is 13.6 Å². The van der Waals surface area contributed by atoms with Gasteiger partial charge in [-0.2, -0.15) is 0 Å². The zero-order valence-electron chi connectivity index (χ0n) is 10.9. The molecule has 1 saturated carbocycles. The molecule has 18 heavy (non-hydrogen) atoms. The third kappa shape index (κ3) is 3.46. The summed E-state index contributed by atoms with van der Waals surface area (Å²) in [5.41, 5.74) is 0.963. The Hall–Kier alpha value is -0.600. The van der Waals surface area contributed by atoms with Crippen LogP contribution >= 0.6 is 11.6 Å². The van der Waals surface area contributed by atoms with E-state index in [-0.39, 0.29) is 5.82 Å². The summed E-state index contributed by atoms with van der Waals surface area (Å²) in [6, 6.07) is 4.69. The Labute approximate surface area is 114 Å². The van der Waals surface area contributed by atoms with E-state index in [1.54, 1.807) is 12.1 Å². The number of nitrogens with one attached hydrogen (secondary N) is 1. The fraction of sp³-hybridized carbons (Fsp3) is 0.600. The van der Waals surface area contributed by atoms with Gasteiger partial charge in [0.15, 0.2) is 0 Å². The van der Waals surface area contributed by atoms with Crippen LogP contribution in [0.5, 0.6) is 0 Å². The second kappa shape index (κ2) is 6.53. The first-order valence-electron chi connectivity index (χ1n) is 6.79. The molecule has 2 unspecified atom stereocenters. The van der Waals surface area contributed by atoms with Crippen LogP contribution in [-0.2, 0) is 6.42 Å². The Balaban J connectivity index is 2.08. The topological polar surface area (TPSA) is 12.0 Å². The molecule has 0 aromatic heterocycles. The summed E-state index contributed by atoms with van der Waals surface area (Å²) in [6.45, 7) is 1.05. The summed E-state index contributed by atoms with van der Waals surface area (Å²) >= 11 is 6.16. The van der Waals surface area contributed by atoms with Gasteiger partial charge in [-0.15, -0.1) is 0 Å². The Morgan fingerprint density at radius 2 is 2.00 bits per heavy atom. The van der Waals surface area contributed by atoms with E-state index in [9.17, 15) is 4.39 Å². The molecule has 0 bridgehead atoms. The molecule has 0 amide bonds. The number of benzene rings is 1. The highest BCUT2D eigenvalue weighted by atomic mass is 35.5. The smallest absolute Gasteiger partial charge is 0.123 e. The zero-order chi connectivity index (χ0) is 13.0. The van der Waals surface area contributed by atoms with Crippen molar-refractivity contribution in [2.24, 2.45) is 11.8 Å². The van der Waals surface area contributed by atoms with Gasteiger partial charge >= 0.3 is 0 Å². The van der Waals surface area contributed by atoms with Crippen LogP contribution in [0.4, 0.5) is 4.39 Å². The predicted octanol–water partition coefficient (Wildman–Crippen LogP) is 4.05. The maximum absolute atomic E-state index is 13.3. The number of hydrogen-bond donors (Lipinski definition) is 1. The van der Waals surface area contributed by atoms with Gasteiger partial charge in [0, 0.05) is 5.02 Å². The third-order valence-corrected chi connectivity index (χ3v) is 4.39. The molecular weight excluding hydrogens is 249 g/mol. The van der Waals surface area contributed by atoms with Gasteiger partial charge in [-0.3, -0.25) is 0 Å². The maximum atomic E-state index is 13.3. The second-order valence-corrected chi connectivity index (χ2v) is 5.71. The van der Waals surface area contributed by atoms with Crippen molar-refractivity contribution >= 4 is 11.6 Å². The number of rotatable bonds is 4. The predicted molar refractivity (Wildman–Crippen MR) is 74.5 cm³/mol. The zero-order valence-corrected chi connectivity index (χ0v) is 11.6. The van der Waals surface area contributed by atoms with E-state index < -0.39 is 0 Å². The molecule has 0 aliphatic heterocycles. The van der Waals surface area contributed by atoms with E-state index in [1.807, 2.05) is 7.05 Å². The second-order valence-electron chi connectivity index (χ2n) is 5.30. The van der Waals surface area contributed by atoms with Crippen molar-refractivity contribution < 1.29 is 4.39 Å². The van der Waals surface area contributed by atoms with E-state index in [0.717, 1.165) is 18.5 Å². The maximum Gasteiger partial charge on any atom is 0.123 e. The molecule has 100 valence electrons. The Morgan fingerprint density at radius 3 is 2.72 bits per heavy atom. The minimum atomic E-state index is -0.185. The number of hydrogen-bond acceptors (Lipinski definition) is 1. The van der Waals surface area contributed by atoms with Crippen LogP contribution in [0.1, 0.15) is 31.2 Å². The van der Waals surface area contributed by atoms with E-state index in [1.165, 1.54) is 31.7 Å². The summed E-state index contributed by atoms with van der Waals surface area (Å²) in [5, 5.41) is 3.97. The molecule has 1 nitrogen and oxygen atoms in total. The van der Waals surface area contributed by atoms with Gasteiger partial charge in [0.25, 0.3) is 0 Å². The lowest BCUT2D eigenvalue weighted by atomic mass is 9.76. The molecule has 1 aromatic carbocycles. The van der Waals surface area contributed by atoms with Gasteiger partial charge in [-0.1, -0.05) is 24.4 Å². The molecule has 0 heterocycles. The standard InChI is InChI=1S/C15H21ClFN/c1-18-10-12-5-3-2-4-11(12)8-13-9-14(17)6-7-15(13)16/h6-7,9,11-12,18H,2-5,8,10H2,1H3. The molecule has 2 rings (SSSR count). The Morgan fingerprint density at radius 1 is 1.28 bits per heavy atom. The molecule has 0 radical (unpaired) electrons. The molecule has 1 fully saturated rings. The van der Waals surface area contributed by atoms with Crippen molar-refractivity contribution in [2.45, 2.75) is 32.1 Å². The summed E-state index contributed by atoms with van der Waals surface area (Å²) in [5.74, 6) is 1.14. The Bertz CT molecular complexity index is 392. The van der Waals surface area contributed by atoms with Crippen molar-refractivity contribution in [1.82, 2.24) is 5.32 Å². The van der Waals surface area contributed by atoms with Gasteiger partial charge in [0.05, 0.1) is 0 Å². The summed E-state index contributed by atoms with van der Waals surface area (Å²) < 4.78 is 13.3. The fourth-order valence-electron chi connectivity index (χ4n) is 3.07. The summed E-state index contributed by atoms with van der Waals surface area (Å²) in [7, 11) is 2.00. The Kier molecular flexibility index (Phi) is 5.02. The van der Waals surface area contributed by atoms with E-state index in [0.29, 0.717) is 16.9 Å². The van der Waals surface area contributed by atoms with Gasteiger partial charge in [0.2, 0.25) is 0 Å². The monoisotopic (exact) mass is 269 g/mol. The minimum absolute atomic E-state index is 0.185. The van der Waals surface area contributed by atoms with Crippen molar-refractivity contribution in [3.8, 4) is 0 Å². The highest BCUT2D eigenvalue weighted by Gasteiger charge is 2.25. The molecule has 3 heteroatoms. The quantitative estimate of drug-likeness (QED) is 0.870. The first-order valence-corrected chi connectivity index (χ1v) is 7.17. The average molecular weight is 270 g/mol. The van der Waals surface area contributed by atoms with E-state index in [2.05, 4.69) is 5.32 Å². The third-order valence-electron chi connectivity index (χ3n) is 4.02. The molecular formula is C15H21ClFN. The lowest BCUT2D eigenvalue weighted by Gasteiger charge is -2.31. The van der Waals surface area contributed by atoms with E-state index >= 15 is 0 Å². The molecule has 1 aliphatic carbocycles. The molecule has 1 aromatic rings. The van der Waals surface area contributed by atoms with Gasteiger partial charge in [-0.05, 0) is 68.5 Å². The van der Waals surface area contributed by atoms with E-state index in [4.69, 9.17) is 11.6 Å². The largest absolute Gasteiger partial charge is 0.319 e. The molecule has 2 atom stereocenters. The van der Waals surface area contributed by atoms with Crippen LogP contribution in [0.2, 0.25) is 5.02 Å². The number of halogens is 2. The minimum Gasteiger partial charge on any atom is -0.319 e. The average Bonchev–Trinajstić information content (AvgIpc) is 2.36. The molecule has 0 spiro atoms. The van der Waals surface area contributed by atoms with Crippen LogP contribution < -0.4 is 5.32 Å². The van der Waals surface area contributed by atoms with Crippen LogP contribution in [0, 0.1) is 17.7 Å². The van der Waals surface area contributed by atoms with Crippen LogP contribution in [0.15, 0.2) is 18.2 Å². The molecule has 0 saturated heterocycles. The molecule has 1 aliphatic rings. The molecule has 1 N–H and O–H groups in total. The lowest BCUT2D eigenvalue weighted by molar-refractivity contribution is 0.232. The lowest BCUT2D eigenvalue weighted by Crippen LogP contribution is -2.30. The van der Waals surface area contributed by atoms with Gasteiger partial charge < -0.3 is 5.32 Å². The summed E-state index contributed by atoms with van der Waals surface area (Å²) in [6.07, 6.45) is 6.03. The van der Waals surface area contributed by atoms with Gasteiger partial charge in [-0.25, -0.2) is 4.39 Å². The highest BCUT2D eigenvalue weighted by Crippen LogP contribution is 2.33. The fourth-order valence-corrected chi connectivity index (χ4v) is 3.26. The van der Waals surface area contributed by atoms with Crippen molar-refractivity contribution in [3.05, 3.63) is 34.6 Å². The SMILES string of the molecule is CNCC1CCCCC1Cc1cc(F)ccc1Cl. The van der Waals surface area contributed by atoms with Crippen molar-refractivity contribution in [2.75, 3.05) is 13.6 Å². The first kappa shape index (κ1) is 13.8.